The Hall–Kier alpha value is -3.08. The molecule has 0 amide bonds. The summed E-state index contributed by atoms with van der Waals surface area (Å²) < 4.78 is 10.2. The number of esters is 1. The van der Waals surface area contributed by atoms with Gasteiger partial charge in [-0.15, -0.1) is 6.58 Å². The molecule has 0 aliphatic heterocycles. The van der Waals surface area contributed by atoms with Gasteiger partial charge in [-0.05, 0) is 43.2 Å². The van der Waals surface area contributed by atoms with Crippen LogP contribution in [0.3, 0.4) is 0 Å². The van der Waals surface area contributed by atoms with E-state index in [1.165, 1.54) is 7.11 Å². The zero-order valence-corrected chi connectivity index (χ0v) is 14.4. The van der Waals surface area contributed by atoms with Gasteiger partial charge in [0.25, 0.3) is 0 Å². The quantitative estimate of drug-likeness (QED) is 0.469. The van der Waals surface area contributed by atoms with Crippen LogP contribution in [-0.4, -0.2) is 31.0 Å². The average molecular weight is 339 g/mol. The standard InChI is InChI=1S/C20H21NO4/c1-4-8-15-11-14(12-18(19(15)22)25-5-2)13-21-17-10-7-6-9-16(17)20(23)24-3/h4,6-7,9-13,22H,1,5,8H2,2-3H3. The zero-order chi connectivity index (χ0) is 18.2. The van der Waals surface area contributed by atoms with Crippen molar-refractivity contribution in [2.45, 2.75) is 13.3 Å². The van der Waals surface area contributed by atoms with E-state index < -0.39 is 5.97 Å². The lowest BCUT2D eigenvalue weighted by Crippen LogP contribution is -2.01. The number of ether oxygens (including phenoxy) is 2. The second kappa shape index (κ2) is 8.68. The molecule has 2 aromatic rings. The highest BCUT2D eigenvalue weighted by Crippen LogP contribution is 2.32. The molecular weight excluding hydrogens is 318 g/mol. The lowest BCUT2D eigenvalue weighted by molar-refractivity contribution is 0.0601. The number of carbonyl (C=O) groups excluding carboxylic acids is 1. The van der Waals surface area contributed by atoms with E-state index in [0.29, 0.717) is 35.6 Å². The minimum atomic E-state index is -0.444. The van der Waals surface area contributed by atoms with Gasteiger partial charge >= 0.3 is 5.97 Å². The summed E-state index contributed by atoms with van der Waals surface area (Å²) in [6, 6.07) is 10.5. The lowest BCUT2D eigenvalue weighted by atomic mass is 10.1. The van der Waals surface area contributed by atoms with E-state index in [9.17, 15) is 9.90 Å². The number of hydrogen-bond acceptors (Lipinski definition) is 5. The van der Waals surface area contributed by atoms with Crippen LogP contribution in [-0.2, 0) is 11.2 Å². The first kappa shape index (κ1) is 18.3. The summed E-state index contributed by atoms with van der Waals surface area (Å²) in [5, 5.41) is 10.2. The van der Waals surface area contributed by atoms with Gasteiger partial charge in [-0.2, -0.15) is 0 Å². The normalized spacial score (nSPS) is 10.6. The number of phenolic OH excluding ortho intramolecular Hbond substituents is 1. The number of hydrogen-bond donors (Lipinski definition) is 1. The fraction of sp³-hybridized carbons (Fsp3) is 0.200. The van der Waals surface area contributed by atoms with Gasteiger partial charge in [0, 0.05) is 11.8 Å². The number of benzene rings is 2. The Morgan fingerprint density at radius 3 is 2.76 bits per heavy atom. The molecule has 0 unspecified atom stereocenters. The largest absolute Gasteiger partial charge is 0.504 e. The smallest absolute Gasteiger partial charge is 0.340 e. The van der Waals surface area contributed by atoms with Crippen LogP contribution < -0.4 is 4.74 Å². The van der Waals surface area contributed by atoms with Crippen molar-refractivity contribution < 1.29 is 19.4 Å². The Bertz CT molecular complexity index is 796. The summed E-state index contributed by atoms with van der Waals surface area (Å²) in [6.07, 6.45) is 3.83. The third-order valence-electron chi connectivity index (χ3n) is 3.50. The Labute approximate surface area is 147 Å². The number of allylic oxidation sites excluding steroid dienone is 1. The van der Waals surface area contributed by atoms with Gasteiger partial charge in [0.2, 0.25) is 0 Å². The molecule has 2 rings (SSSR count). The number of phenols is 1. The second-order valence-electron chi connectivity index (χ2n) is 5.22. The highest BCUT2D eigenvalue weighted by atomic mass is 16.5. The van der Waals surface area contributed by atoms with Crippen molar-refractivity contribution in [1.82, 2.24) is 0 Å². The monoisotopic (exact) mass is 339 g/mol. The number of aromatic hydroxyl groups is 1. The Kier molecular flexibility index (Phi) is 6.34. The fourth-order valence-corrected chi connectivity index (χ4v) is 2.35. The van der Waals surface area contributed by atoms with Gasteiger partial charge in [0.1, 0.15) is 0 Å². The summed E-state index contributed by atoms with van der Waals surface area (Å²) in [5.74, 6) is 0.0548. The molecule has 0 aromatic heterocycles. The van der Waals surface area contributed by atoms with Gasteiger partial charge in [0.15, 0.2) is 11.5 Å². The summed E-state index contributed by atoms with van der Waals surface area (Å²) in [6.45, 7) is 5.98. The zero-order valence-electron chi connectivity index (χ0n) is 14.4. The Morgan fingerprint density at radius 1 is 1.32 bits per heavy atom. The number of rotatable bonds is 7. The molecule has 0 radical (unpaired) electrons. The summed E-state index contributed by atoms with van der Waals surface area (Å²) >= 11 is 0. The van der Waals surface area contributed by atoms with Gasteiger partial charge in [-0.1, -0.05) is 18.2 Å². The summed E-state index contributed by atoms with van der Waals surface area (Å²) in [5.41, 5.74) is 2.34. The molecule has 0 saturated heterocycles. The van der Waals surface area contributed by atoms with Crippen molar-refractivity contribution in [1.29, 1.82) is 0 Å². The molecule has 0 bridgehead atoms. The van der Waals surface area contributed by atoms with E-state index >= 15 is 0 Å². The number of para-hydroxylation sites is 1. The van der Waals surface area contributed by atoms with Crippen molar-refractivity contribution in [2.75, 3.05) is 13.7 Å². The van der Waals surface area contributed by atoms with Gasteiger partial charge < -0.3 is 14.6 Å². The van der Waals surface area contributed by atoms with Crippen molar-refractivity contribution in [3.63, 3.8) is 0 Å². The molecular formula is C20H21NO4. The van der Waals surface area contributed by atoms with E-state index in [0.717, 1.165) is 5.56 Å². The SMILES string of the molecule is C=CCc1cc(C=Nc2ccccc2C(=O)OC)cc(OCC)c1O. The molecule has 0 spiro atoms. The highest BCUT2D eigenvalue weighted by Gasteiger charge is 2.11. The molecule has 0 heterocycles. The minimum absolute atomic E-state index is 0.105. The maximum atomic E-state index is 11.8. The molecule has 0 saturated carbocycles. The molecule has 25 heavy (non-hydrogen) atoms. The Morgan fingerprint density at radius 2 is 2.08 bits per heavy atom. The number of methoxy groups -OCH3 is 1. The minimum Gasteiger partial charge on any atom is -0.504 e. The van der Waals surface area contributed by atoms with Crippen molar-refractivity contribution in [3.05, 3.63) is 65.7 Å². The highest BCUT2D eigenvalue weighted by molar-refractivity contribution is 5.96. The van der Waals surface area contributed by atoms with Gasteiger partial charge in [-0.25, -0.2) is 4.79 Å². The van der Waals surface area contributed by atoms with Crippen molar-refractivity contribution >= 4 is 17.9 Å². The Balaban J connectivity index is 2.41. The second-order valence-corrected chi connectivity index (χ2v) is 5.22. The first-order valence-electron chi connectivity index (χ1n) is 7.91. The van der Waals surface area contributed by atoms with Crippen LogP contribution in [0.15, 0.2) is 54.0 Å². The topological polar surface area (TPSA) is 68.1 Å². The predicted octanol–water partition coefficient (Wildman–Crippen LogP) is 4.06. The molecule has 0 aliphatic rings. The summed E-state index contributed by atoms with van der Waals surface area (Å²) in [7, 11) is 1.33. The molecule has 0 atom stereocenters. The van der Waals surface area contributed by atoms with Crippen LogP contribution in [0.5, 0.6) is 11.5 Å². The third kappa shape index (κ3) is 4.47. The van der Waals surface area contributed by atoms with E-state index in [4.69, 9.17) is 9.47 Å². The third-order valence-corrected chi connectivity index (χ3v) is 3.50. The number of nitrogens with zero attached hydrogens (tertiary/aromatic N) is 1. The van der Waals surface area contributed by atoms with E-state index in [-0.39, 0.29) is 5.75 Å². The maximum Gasteiger partial charge on any atom is 0.340 e. The summed E-state index contributed by atoms with van der Waals surface area (Å²) in [4.78, 5) is 16.2. The maximum absolute atomic E-state index is 11.8. The number of aliphatic imine (C=N–C) groups is 1. The first-order valence-corrected chi connectivity index (χ1v) is 7.91. The van der Waals surface area contributed by atoms with Gasteiger partial charge in [0.05, 0.1) is 25.0 Å². The van der Waals surface area contributed by atoms with Crippen molar-refractivity contribution in [3.8, 4) is 11.5 Å². The molecule has 5 nitrogen and oxygen atoms in total. The molecule has 0 aliphatic carbocycles. The lowest BCUT2D eigenvalue weighted by Gasteiger charge is -2.11. The van der Waals surface area contributed by atoms with Gasteiger partial charge in [-0.3, -0.25) is 4.99 Å². The fourth-order valence-electron chi connectivity index (χ4n) is 2.35. The van der Waals surface area contributed by atoms with E-state index in [2.05, 4.69) is 11.6 Å². The van der Waals surface area contributed by atoms with Crippen molar-refractivity contribution in [2.24, 2.45) is 4.99 Å². The van der Waals surface area contributed by atoms with Crippen LogP contribution in [0.1, 0.15) is 28.4 Å². The van der Waals surface area contributed by atoms with Crippen LogP contribution in [0.4, 0.5) is 5.69 Å². The first-order chi connectivity index (χ1) is 12.1. The van der Waals surface area contributed by atoms with E-state index in [1.54, 1.807) is 42.6 Å². The number of carbonyl (C=O) groups is 1. The molecule has 130 valence electrons. The van der Waals surface area contributed by atoms with E-state index in [1.807, 2.05) is 13.0 Å². The van der Waals surface area contributed by atoms with Crippen LogP contribution in [0.25, 0.3) is 0 Å². The molecule has 2 aromatic carbocycles. The van der Waals surface area contributed by atoms with Crippen LogP contribution >= 0.6 is 0 Å². The average Bonchev–Trinajstić information content (AvgIpc) is 2.63. The molecule has 5 heteroatoms. The molecule has 1 N–H and O–H groups in total. The van der Waals surface area contributed by atoms with Crippen LogP contribution in [0.2, 0.25) is 0 Å². The molecule has 0 fully saturated rings. The predicted molar refractivity (Wildman–Crippen MR) is 98.2 cm³/mol. The van der Waals surface area contributed by atoms with Crippen LogP contribution in [0, 0.1) is 0 Å².